The standard InChI is InChI=1S/C16H18F2N2O/c1-21-14-8-6-13(7-9-14)20-15(10-19)11-2-4-12(5-3-11)16(17)18/h2-9,15-16,20H,10,19H2,1H3. The monoisotopic (exact) mass is 292 g/mol. The summed E-state index contributed by atoms with van der Waals surface area (Å²) >= 11 is 0. The molecule has 3 nitrogen and oxygen atoms in total. The number of alkyl halides is 2. The highest BCUT2D eigenvalue weighted by molar-refractivity contribution is 5.48. The molecule has 0 aliphatic heterocycles. The summed E-state index contributed by atoms with van der Waals surface area (Å²) in [6.07, 6.45) is -2.45. The number of halogens is 2. The summed E-state index contributed by atoms with van der Waals surface area (Å²) in [7, 11) is 1.61. The number of rotatable bonds is 6. The molecule has 2 aromatic rings. The number of benzene rings is 2. The molecule has 1 atom stereocenters. The van der Waals surface area contributed by atoms with E-state index in [0.29, 0.717) is 6.54 Å². The van der Waals surface area contributed by atoms with Gasteiger partial charge in [0.05, 0.1) is 13.2 Å². The number of anilines is 1. The average Bonchev–Trinajstić information content (AvgIpc) is 2.53. The van der Waals surface area contributed by atoms with E-state index in [2.05, 4.69) is 5.32 Å². The van der Waals surface area contributed by atoms with Crippen molar-refractivity contribution in [3.8, 4) is 5.75 Å². The molecule has 0 bridgehead atoms. The Kier molecular flexibility index (Phi) is 5.11. The van der Waals surface area contributed by atoms with Gasteiger partial charge in [0.15, 0.2) is 0 Å². The zero-order valence-corrected chi connectivity index (χ0v) is 11.7. The SMILES string of the molecule is COc1ccc(NC(CN)c2ccc(C(F)F)cc2)cc1. The number of nitrogens with two attached hydrogens (primary N) is 1. The fraction of sp³-hybridized carbons (Fsp3) is 0.250. The fourth-order valence-electron chi connectivity index (χ4n) is 2.04. The minimum absolute atomic E-state index is 0.0129. The van der Waals surface area contributed by atoms with Crippen LogP contribution in [0.15, 0.2) is 48.5 Å². The molecule has 3 N–H and O–H groups in total. The van der Waals surface area contributed by atoms with Crippen LogP contribution in [0.5, 0.6) is 5.75 Å². The summed E-state index contributed by atoms with van der Waals surface area (Å²) in [6, 6.07) is 13.5. The van der Waals surface area contributed by atoms with E-state index in [1.54, 1.807) is 19.2 Å². The van der Waals surface area contributed by atoms with Gasteiger partial charge in [-0.2, -0.15) is 0 Å². The van der Waals surface area contributed by atoms with Crippen LogP contribution in [0, 0.1) is 0 Å². The first-order valence-corrected chi connectivity index (χ1v) is 6.62. The molecule has 0 amide bonds. The number of hydrogen-bond donors (Lipinski definition) is 2. The molecule has 0 saturated carbocycles. The van der Waals surface area contributed by atoms with Gasteiger partial charge in [-0.15, -0.1) is 0 Å². The van der Waals surface area contributed by atoms with E-state index in [1.807, 2.05) is 24.3 Å². The third kappa shape index (κ3) is 3.92. The van der Waals surface area contributed by atoms with Crippen molar-refractivity contribution in [2.24, 2.45) is 5.73 Å². The molecule has 1 unspecified atom stereocenters. The topological polar surface area (TPSA) is 47.3 Å². The molecule has 0 spiro atoms. The summed E-state index contributed by atoms with van der Waals surface area (Å²) < 4.78 is 30.2. The molecule has 5 heteroatoms. The summed E-state index contributed by atoms with van der Waals surface area (Å²) in [5.74, 6) is 0.770. The van der Waals surface area contributed by atoms with Gasteiger partial charge in [-0.05, 0) is 29.8 Å². The predicted octanol–water partition coefficient (Wildman–Crippen LogP) is 3.74. The molecule has 21 heavy (non-hydrogen) atoms. The molecule has 2 aromatic carbocycles. The Bertz CT molecular complexity index is 555. The van der Waals surface area contributed by atoms with Crippen LogP contribution < -0.4 is 15.8 Å². The van der Waals surface area contributed by atoms with E-state index < -0.39 is 6.43 Å². The number of nitrogens with one attached hydrogen (secondary N) is 1. The van der Waals surface area contributed by atoms with E-state index in [4.69, 9.17) is 10.5 Å². The van der Waals surface area contributed by atoms with Gasteiger partial charge in [0.25, 0.3) is 6.43 Å². The van der Waals surface area contributed by atoms with Crippen molar-refractivity contribution in [3.63, 3.8) is 0 Å². The van der Waals surface area contributed by atoms with Gasteiger partial charge < -0.3 is 15.8 Å². The maximum Gasteiger partial charge on any atom is 0.263 e. The van der Waals surface area contributed by atoms with Crippen LogP contribution in [0.3, 0.4) is 0 Å². The van der Waals surface area contributed by atoms with Crippen molar-refractivity contribution in [1.82, 2.24) is 0 Å². The molecule has 0 aliphatic rings. The first-order valence-electron chi connectivity index (χ1n) is 6.62. The van der Waals surface area contributed by atoms with Gasteiger partial charge in [-0.1, -0.05) is 24.3 Å². The Hall–Kier alpha value is -2.14. The quantitative estimate of drug-likeness (QED) is 0.852. The molecule has 0 aromatic heterocycles. The summed E-state index contributed by atoms with van der Waals surface area (Å²) in [4.78, 5) is 0. The normalized spacial score (nSPS) is 12.2. The maximum absolute atomic E-state index is 12.5. The Morgan fingerprint density at radius 2 is 1.57 bits per heavy atom. The third-order valence-corrected chi connectivity index (χ3v) is 3.26. The largest absolute Gasteiger partial charge is 0.497 e. The third-order valence-electron chi connectivity index (χ3n) is 3.26. The van der Waals surface area contributed by atoms with E-state index in [0.717, 1.165) is 17.0 Å². The minimum Gasteiger partial charge on any atom is -0.497 e. The zero-order chi connectivity index (χ0) is 15.2. The summed E-state index contributed by atoms with van der Waals surface area (Å²) in [6.45, 7) is 0.361. The summed E-state index contributed by atoms with van der Waals surface area (Å²) in [5, 5.41) is 3.28. The highest BCUT2D eigenvalue weighted by atomic mass is 19.3. The van der Waals surface area contributed by atoms with Gasteiger partial charge in [0.1, 0.15) is 5.75 Å². The lowest BCUT2D eigenvalue weighted by Gasteiger charge is -2.19. The average molecular weight is 292 g/mol. The lowest BCUT2D eigenvalue weighted by atomic mass is 10.0. The number of methoxy groups -OCH3 is 1. The van der Waals surface area contributed by atoms with Gasteiger partial charge >= 0.3 is 0 Å². The van der Waals surface area contributed by atoms with Crippen LogP contribution in [0.1, 0.15) is 23.6 Å². The van der Waals surface area contributed by atoms with Crippen LogP contribution >= 0.6 is 0 Å². The minimum atomic E-state index is -2.45. The lowest BCUT2D eigenvalue weighted by Crippen LogP contribution is -2.20. The predicted molar refractivity (Wildman–Crippen MR) is 79.8 cm³/mol. The van der Waals surface area contributed by atoms with Gasteiger partial charge in [0, 0.05) is 17.8 Å². The lowest BCUT2D eigenvalue weighted by molar-refractivity contribution is 0.151. The van der Waals surface area contributed by atoms with Crippen LogP contribution in [0.4, 0.5) is 14.5 Å². The molecule has 2 rings (SSSR count). The van der Waals surface area contributed by atoms with Crippen molar-refractivity contribution < 1.29 is 13.5 Å². The van der Waals surface area contributed by atoms with Gasteiger partial charge in [-0.3, -0.25) is 0 Å². The second-order valence-electron chi connectivity index (χ2n) is 4.63. The van der Waals surface area contributed by atoms with E-state index in [-0.39, 0.29) is 11.6 Å². The molecule has 0 radical (unpaired) electrons. The first-order chi connectivity index (χ1) is 10.1. The van der Waals surface area contributed by atoms with Gasteiger partial charge in [-0.25, -0.2) is 8.78 Å². The fourth-order valence-corrected chi connectivity index (χ4v) is 2.04. The summed E-state index contributed by atoms with van der Waals surface area (Å²) in [5.41, 5.74) is 7.55. The molecule has 112 valence electrons. The van der Waals surface area contributed by atoms with Crippen LogP contribution in [0.25, 0.3) is 0 Å². The van der Waals surface area contributed by atoms with Crippen molar-refractivity contribution >= 4 is 5.69 Å². The molecular formula is C16H18F2N2O. The molecule has 0 heterocycles. The van der Waals surface area contributed by atoms with Crippen molar-refractivity contribution in [3.05, 3.63) is 59.7 Å². The maximum atomic E-state index is 12.5. The molecule has 0 saturated heterocycles. The Balaban J connectivity index is 2.11. The van der Waals surface area contributed by atoms with Crippen molar-refractivity contribution in [2.75, 3.05) is 19.0 Å². The van der Waals surface area contributed by atoms with Crippen LogP contribution in [-0.2, 0) is 0 Å². The molecule has 0 aliphatic carbocycles. The first kappa shape index (κ1) is 15.3. The van der Waals surface area contributed by atoms with E-state index >= 15 is 0 Å². The van der Waals surface area contributed by atoms with Crippen LogP contribution in [-0.4, -0.2) is 13.7 Å². The van der Waals surface area contributed by atoms with Gasteiger partial charge in [0.2, 0.25) is 0 Å². The Morgan fingerprint density at radius 3 is 2.05 bits per heavy atom. The van der Waals surface area contributed by atoms with E-state index in [9.17, 15) is 8.78 Å². The van der Waals surface area contributed by atoms with Crippen LogP contribution in [0.2, 0.25) is 0 Å². The smallest absolute Gasteiger partial charge is 0.263 e. The van der Waals surface area contributed by atoms with Crippen molar-refractivity contribution in [2.45, 2.75) is 12.5 Å². The second kappa shape index (κ2) is 7.04. The molecule has 0 fully saturated rings. The van der Waals surface area contributed by atoms with Crippen molar-refractivity contribution in [1.29, 1.82) is 0 Å². The van der Waals surface area contributed by atoms with E-state index in [1.165, 1.54) is 12.1 Å². The highest BCUT2D eigenvalue weighted by Crippen LogP contribution is 2.24. The Morgan fingerprint density at radius 1 is 1.00 bits per heavy atom. The zero-order valence-electron chi connectivity index (χ0n) is 11.7. The second-order valence-corrected chi connectivity index (χ2v) is 4.63. The Labute approximate surface area is 122 Å². The number of hydrogen-bond acceptors (Lipinski definition) is 3. The highest BCUT2D eigenvalue weighted by Gasteiger charge is 2.12. The number of ether oxygens (including phenoxy) is 1. The molecular weight excluding hydrogens is 274 g/mol.